The SMILES string of the molecule is CCCCN1CCCC[C@H]1c1cnc(OC)c(C)c1. The Morgan fingerprint density at radius 3 is 2.95 bits per heavy atom. The van der Waals surface area contributed by atoms with Gasteiger partial charge in [0.15, 0.2) is 0 Å². The van der Waals surface area contributed by atoms with Crippen LogP contribution in [0.25, 0.3) is 0 Å². The van der Waals surface area contributed by atoms with Crippen molar-refractivity contribution in [3.8, 4) is 5.88 Å². The number of piperidine rings is 1. The van der Waals surface area contributed by atoms with Gasteiger partial charge in [0.25, 0.3) is 0 Å². The Hall–Kier alpha value is -1.09. The molecule has 0 N–H and O–H groups in total. The summed E-state index contributed by atoms with van der Waals surface area (Å²) in [5.74, 6) is 0.750. The number of ether oxygens (including phenoxy) is 1. The molecular weight excluding hydrogens is 236 g/mol. The number of hydrogen-bond acceptors (Lipinski definition) is 3. The summed E-state index contributed by atoms with van der Waals surface area (Å²) in [6, 6.07) is 2.80. The molecule has 0 amide bonds. The van der Waals surface area contributed by atoms with Crippen LogP contribution in [0.2, 0.25) is 0 Å². The third-order valence-electron chi connectivity index (χ3n) is 4.04. The Balaban J connectivity index is 2.14. The highest BCUT2D eigenvalue weighted by molar-refractivity contribution is 5.30. The molecule has 3 nitrogen and oxygen atoms in total. The van der Waals surface area contributed by atoms with E-state index < -0.39 is 0 Å². The Morgan fingerprint density at radius 1 is 1.42 bits per heavy atom. The molecule has 1 aliphatic rings. The number of aryl methyl sites for hydroxylation is 1. The lowest BCUT2D eigenvalue weighted by atomic mass is 9.95. The lowest BCUT2D eigenvalue weighted by Gasteiger charge is -2.36. The Morgan fingerprint density at radius 2 is 2.26 bits per heavy atom. The predicted octanol–water partition coefficient (Wildman–Crippen LogP) is 3.73. The normalized spacial score (nSPS) is 20.5. The molecule has 19 heavy (non-hydrogen) atoms. The fourth-order valence-corrected chi connectivity index (χ4v) is 2.98. The maximum Gasteiger partial charge on any atom is 0.215 e. The number of aromatic nitrogens is 1. The second-order valence-corrected chi connectivity index (χ2v) is 5.50. The third kappa shape index (κ3) is 3.47. The number of rotatable bonds is 5. The molecule has 0 bridgehead atoms. The van der Waals surface area contributed by atoms with Gasteiger partial charge in [-0.1, -0.05) is 19.8 Å². The fourth-order valence-electron chi connectivity index (χ4n) is 2.98. The van der Waals surface area contributed by atoms with Gasteiger partial charge in [0.2, 0.25) is 5.88 Å². The van der Waals surface area contributed by atoms with Gasteiger partial charge in [0.05, 0.1) is 7.11 Å². The third-order valence-corrected chi connectivity index (χ3v) is 4.04. The lowest BCUT2D eigenvalue weighted by molar-refractivity contribution is 0.146. The highest BCUT2D eigenvalue weighted by atomic mass is 16.5. The van der Waals surface area contributed by atoms with E-state index in [2.05, 4.69) is 29.8 Å². The maximum absolute atomic E-state index is 5.25. The van der Waals surface area contributed by atoms with E-state index in [1.165, 1.54) is 50.8 Å². The average Bonchev–Trinajstić information content (AvgIpc) is 2.45. The molecule has 1 aromatic rings. The Bertz CT molecular complexity index is 406. The molecule has 0 saturated carbocycles. The van der Waals surface area contributed by atoms with Crippen molar-refractivity contribution in [1.29, 1.82) is 0 Å². The van der Waals surface area contributed by atoms with Crippen LogP contribution in [-0.2, 0) is 0 Å². The monoisotopic (exact) mass is 262 g/mol. The molecule has 2 rings (SSSR count). The molecule has 1 saturated heterocycles. The minimum Gasteiger partial charge on any atom is -0.481 e. The largest absolute Gasteiger partial charge is 0.481 e. The van der Waals surface area contributed by atoms with Crippen molar-refractivity contribution in [3.63, 3.8) is 0 Å². The van der Waals surface area contributed by atoms with Crippen LogP contribution in [0.3, 0.4) is 0 Å². The molecule has 1 aromatic heterocycles. The first kappa shape index (κ1) is 14.3. The van der Waals surface area contributed by atoms with Crippen LogP contribution in [0, 0.1) is 6.92 Å². The summed E-state index contributed by atoms with van der Waals surface area (Å²) in [5, 5.41) is 0. The van der Waals surface area contributed by atoms with Crippen LogP contribution in [0.15, 0.2) is 12.3 Å². The molecule has 3 heteroatoms. The molecule has 0 spiro atoms. The van der Waals surface area contributed by atoms with Crippen molar-refractivity contribution in [3.05, 3.63) is 23.4 Å². The summed E-state index contributed by atoms with van der Waals surface area (Å²) in [6.07, 6.45) is 8.49. The molecule has 0 aliphatic carbocycles. The molecule has 0 radical (unpaired) electrons. The van der Waals surface area contributed by atoms with E-state index in [4.69, 9.17) is 4.74 Å². The van der Waals surface area contributed by atoms with E-state index in [1.54, 1.807) is 7.11 Å². The zero-order valence-electron chi connectivity index (χ0n) is 12.5. The van der Waals surface area contributed by atoms with Crippen molar-refractivity contribution in [2.75, 3.05) is 20.2 Å². The smallest absolute Gasteiger partial charge is 0.215 e. The van der Waals surface area contributed by atoms with Crippen molar-refractivity contribution in [2.45, 2.75) is 52.0 Å². The van der Waals surface area contributed by atoms with Crippen molar-refractivity contribution in [1.82, 2.24) is 9.88 Å². The quantitative estimate of drug-likeness (QED) is 0.808. The highest BCUT2D eigenvalue weighted by Crippen LogP contribution is 2.32. The van der Waals surface area contributed by atoms with Crippen LogP contribution in [-0.4, -0.2) is 30.1 Å². The summed E-state index contributed by atoms with van der Waals surface area (Å²) < 4.78 is 5.25. The van der Waals surface area contributed by atoms with Gasteiger partial charge in [-0.3, -0.25) is 4.90 Å². The minimum absolute atomic E-state index is 0.553. The minimum atomic E-state index is 0.553. The van der Waals surface area contributed by atoms with Crippen molar-refractivity contribution in [2.24, 2.45) is 0 Å². The molecule has 0 aromatic carbocycles. The van der Waals surface area contributed by atoms with Crippen LogP contribution in [0.1, 0.15) is 56.2 Å². The van der Waals surface area contributed by atoms with E-state index >= 15 is 0 Å². The van der Waals surface area contributed by atoms with Crippen LogP contribution in [0.5, 0.6) is 5.88 Å². The van der Waals surface area contributed by atoms with Gasteiger partial charge in [-0.25, -0.2) is 4.98 Å². The first-order valence-corrected chi connectivity index (χ1v) is 7.50. The lowest BCUT2D eigenvalue weighted by Crippen LogP contribution is -2.34. The van der Waals surface area contributed by atoms with Gasteiger partial charge in [-0.15, -0.1) is 0 Å². The summed E-state index contributed by atoms with van der Waals surface area (Å²) in [4.78, 5) is 7.07. The first-order chi connectivity index (χ1) is 9.26. The fraction of sp³-hybridized carbons (Fsp3) is 0.688. The van der Waals surface area contributed by atoms with E-state index in [0.29, 0.717) is 6.04 Å². The van der Waals surface area contributed by atoms with Gasteiger partial charge in [0.1, 0.15) is 0 Å². The molecule has 106 valence electrons. The van der Waals surface area contributed by atoms with Crippen LogP contribution in [0.4, 0.5) is 0 Å². The molecule has 1 fully saturated rings. The number of methoxy groups -OCH3 is 1. The van der Waals surface area contributed by atoms with Crippen molar-refractivity contribution >= 4 is 0 Å². The van der Waals surface area contributed by atoms with E-state index in [1.807, 2.05) is 6.20 Å². The van der Waals surface area contributed by atoms with E-state index in [9.17, 15) is 0 Å². The Kier molecular flexibility index (Phi) is 5.20. The second kappa shape index (κ2) is 6.90. The molecule has 1 atom stereocenters. The topological polar surface area (TPSA) is 25.4 Å². The number of likely N-dealkylation sites (tertiary alicyclic amines) is 1. The van der Waals surface area contributed by atoms with Crippen molar-refractivity contribution < 1.29 is 4.74 Å². The van der Waals surface area contributed by atoms with Crippen LogP contribution < -0.4 is 4.74 Å². The van der Waals surface area contributed by atoms with Gasteiger partial charge >= 0.3 is 0 Å². The van der Waals surface area contributed by atoms with Gasteiger partial charge in [0, 0.05) is 17.8 Å². The molecule has 2 heterocycles. The van der Waals surface area contributed by atoms with Crippen LogP contribution >= 0.6 is 0 Å². The second-order valence-electron chi connectivity index (χ2n) is 5.50. The summed E-state index contributed by atoms with van der Waals surface area (Å²) >= 11 is 0. The standard InChI is InChI=1S/C16H26N2O/c1-4-5-9-18-10-7-6-8-15(18)14-11-13(2)16(19-3)17-12-14/h11-12,15H,4-10H2,1-3H3/t15-/m0/s1. The average molecular weight is 262 g/mol. The maximum atomic E-state index is 5.25. The van der Waals surface area contributed by atoms with E-state index in [-0.39, 0.29) is 0 Å². The molecule has 0 unspecified atom stereocenters. The predicted molar refractivity (Wildman–Crippen MR) is 78.6 cm³/mol. The Labute approximate surface area is 117 Å². The molecular formula is C16H26N2O. The first-order valence-electron chi connectivity index (χ1n) is 7.50. The number of hydrogen-bond donors (Lipinski definition) is 0. The van der Waals surface area contributed by atoms with E-state index in [0.717, 1.165) is 11.4 Å². The van der Waals surface area contributed by atoms with Gasteiger partial charge in [-0.2, -0.15) is 0 Å². The van der Waals surface area contributed by atoms with Gasteiger partial charge in [-0.05, 0) is 50.9 Å². The highest BCUT2D eigenvalue weighted by Gasteiger charge is 2.24. The number of nitrogens with zero attached hydrogens (tertiary/aromatic N) is 2. The van der Waals surface area contributed by atoms with Gasteiger partial charge < -0.3 is 4.74 Å². The zero-order chi connectivity index (χ0) is 13.7. The summed E-state index contributed by atoms with van der Waals surface area (Å²) in [7, 11) is 1.68. The number of pyridine rings is 1. The summed E-state index contributed by atoms with van der Waals surface area (Å²) in [6.45, 7) is 6.79. The summed E-state index contributed by atoms with van der Waals surface area (Å²) in [5.41, 5.74) is 2.50. The zero-order valence-corrected chi connectivity index (χ0v) is 12.5. The molecule has 1 aliphatic heterocycles. The number of unbranched alkanes of at least 4 members (excludes halogenated alkanes) is 1.